The Kier molecular flexibility index (Phi) is 6.47. The lowest BCUT2D eigenvalue weighted by atomic mass is 10.0. The summed E-state index contributed by atoms with van der Waals surface area (Å²) >= 11 is 6.20. The molecule has 0 amide bonds. The van der Waals surface area contributed by atoms with Gasteiger partial charge in [0.05, 0.1) is 16.9 Å². The molecule has 0 saturated carbocycles. The predicted molar refractivity (Wildman–Crippen MR) is 108 cm³/mol. The molecule has 0 aliphatic carbocycles. The summed E-state index contributed by atoms with van der Waals surface area (Å²) in [5, 5.41) is 18.2. The Labute approximate surface area is 164 Å². The van der Waals surface area contributed by atoms with E-state index >= 15 is 0 Å². The van der Waals surface area contributed by atoms with E-state index in [1.54, 1.807) is 12.3 Å². The molecule has 0 radical (unpaired) electrons. The number of nitrogens with zero attached hydrogens (tertiary/aromatic N) is 5. The van der Waals surface area contributed by atoms with Crippen molar-refractivity contribution in [1.29, 1.82) is 0 Å². The SMILES string of the molecule is CC(C)Cc1ccc(N=C(NO)N2CCN(c3nnccc3Cl)CC2)cc1. The number of hydroxylamine groups is 1. The summed E-state index contributed by atoms with van der Waals surface area (Å²) in [6, 6.07) is 9.86. The Morgan fingerprint density at radius 1 is 1.19 bits per heavy atom. The van der Waals surface area contributed by atoms with Crippen LogP contribution in [0.25, 0.3) is 0 Å². The molecular weight excluding hydrogens is 364 g/mol. The number of hydrogen-bond donors (Lipinski definition) is 2. The topological polar surface area (TPSA) is 76.9 Å². The maximum atomic E-state index is 9.56. The fraction of sp³-hybridized carbons (Fsp3) is 0.421. The van der Waals surface area contributed by atoms with E-state index in [2.05, 4.69) is 51.5 Å². The number of piperazine rings is 1. The molecule has 1 aromatic heterocycles. The van der Waals surface area contributed by atoms with E-state index in [-0.39, 0.29) is 0 Å². The maximum absolute atomic E-state index is 9.56. The van der Waals surface area contributed by atoms with Crippen molar-refractivity contribution in [3.63, 3.8) is 0 Å². The van der Waals surface area contributed by atoms with Gasteiger partial charge in [-0.25, -0.2) is 10.5 Å². The van der Waals surface area contributed by atoms with Gasteiger partial charge in [-0.3, -0.25) is 5.21 Å². The van der Waals surface area contributed by atoms with Gasteiger partial charge in [0.25, 0.3) is 0 Å². The number of benzene rings is 1. The average Bonchev–Trinajstić information content (AvgIpc) is 2.68. The van der Waals surface area contributed by atoms with Gasteiger partial charge in [-0.05, 0) is 36.1 Å². The van der Waals surface area contributed by atoms with Crippen LogP contribution in [0.5, 0.6) is 0 Å². The maximum Gasteiger partial charge on any atom is 0.223 e. The third-order valence-electron chi connectivity index (χ3n) is 4.45. The second-order valence-corrected chi connectivity index (χ2v) is 7.40. The van der Waals surface area contributed by atoms with Crippen LogP contribution in [0.1, 0.15) is 19.4 Å². The van der Waals surface area contributed by atoms with E-state index in [0.29, 0.717) is 48.9 Å². The van der Waals surface area contributed by atoms with Crippen LogP contribution >= 0.6 is 11.6 Å². The summed E-state index contributed by atoms with van der Waals surface area (Å²) in [4.78, 5) is 8.63. The number of hydrogen-bond acceptors (Lipinski definition) is 5. The standard InChI is InChI=1S/C19H25ClN6O/c1-14(2)13-15-3-5-16(6-4-15)22-19(24-27)26-11-9-25(10-12-26)18-17(20)7-8-21-23-18/h3-8,14,27H,9-13H2,1-2H3,(H,22,24). The highest BCUT2D eigenvalue weighted by Gasteiger charge is 2.22. The van der Waals surface area contributed by atoms with Gasteiger partial charge in [0.2, 0.25) is 5.96 Å². The van der Waals surface area contributed by atoms with Crippen molar-refractivity contribution in [2.45, 2.75) is 20.3 Å². The first kappa shape index (κ1) is 19.4. The molecule has 1 aromatic carbocycles. The Bertz CT molecular complexity index is 772. The highest BCUT2D eigenvalue weighted by atomic mass is 35.5. The molecule has 1 saturated heterocycles. The van der Waals surface area contributed by atoms with E-state index in [9.17, 15) is 5.21 Å². The molecule has 1 aliphatic heterocycles. The van der Waals surface area contributed by atoms with Gasteiger partial charge < -0.3 is 9.80 Å². The Hall–Kier alpha value is -2.38. The van der Waals surface area contributed by atoms with Crippen molar-refractivity contribution in [3.05, 3.63) is 47.1 Å². The summed E-state index contributed by atoms with van der Waals surface area (Å²) in [7, 11) is 0. The van der Waals surface area contributed by atoms with Crippen molar-refractivity contribution >= 4 is 29.1 Å². The molecule has 1 fully saturated rings. The normalized spacial score (nSPS) is 15.4. The van der Waals surface area contributed by atoms with E-state index in [1.165, 1.54) is 5.56 Å². The van der Waals surface area contributed by atoms with Gasteiger partial charge in [-0.1, -0.05) is 37.6 Å². The number of rotatable bonds is 4. The highest BCUT2D eigenvalue weighted by Crippen LogP contribution is 2.23. The van der Waals surface area contributed by atoms with Gasteiger partial charge >= 0.3 is 0 Å². The lowest BCUT2D eigenvalue weighted by molar-refractivity contribution is 0.207. The Morgan fingerprint density at radius 2 is 1.89 bits per heavy atom. The van der Waals surface area contributed by atoms with Crippen LogP contribution in [0.15, 0.2) is 41.5 Å². The average molecular weight is 389 g/mol. The van der Waals surface area contributed by atoms with E-state index in [4.69, 9.17) is 11.6 Å². The van der Waals surface area contributed by atoms with Crippen molar-refractivity contribution in [3.8, 4) is 0 Å². The van der Waals surface area contributed by atoms with Crippen molar-refractivity contribution < 1.29 is 5.21 Å². The van der Waals surface area contributed by atoms with Gasteiger partial charge in [0, 0.05) is 26.2 Å². The number of anilines is 1. The largest absolute Gasteiger partial charge is 0.350 e. The fourth-order valence-electron chi connectivity index (χ4n) is 3.12. The van der Waals surface area contributed by atoms with Gasteiger partial charge in [-0.2, -0.15) is 5.10 Å². The molecule has 1 aliphatic rings. The molecule has 0 atom stereocenters. The first-order valence-electron chi connectivity index (χ1n) is 9.11. The third kappa shape index (κ3) is 5.08. The Balaban J connectivity index is 1.65. The van der Waals surface area contributed by atoms with Crippen molar-refractivity contribution in [2.75, 3.05) is 31.1 Å². The summed E-state index contributed by atoms with van der Waals surface area (Å²) in [5.41, 5.74) is 4.33. The quantitative estimate of drug-likeness (QED) is 0.476. The fourth-order valence-corrected chi connectivity index (χ4v) is 3.33. The monoisotopic (exact) mass is 388 g/mol. The van der Waals surface area contributed by atoms with Crippen LogP contribution in [0.3, 0.4) is 0 Å². The van der Waals surface area contributed by atoms with Gasteiger partial charge in [-0.15, -0.1) is 5.10 Å². The van der Waals surface area contributed by atoms with Crippen LogP contribution < -0.4 is 10.4 Å². The second kappa shape index (κ2) is 9.01. The first-order valence-corrected chi connectivity index (χ1v) is 9.49. The molecule has 7 nitrogen and oxygen atoms in total. The number of aromatic nitrogens is 2. The molecule has 0 unspecified atom stereocenters. The molecule has 3 rings (SSSR count). The molecule has 27 heavy (non-hydrogen) atoms. The first-order chi connectivity index (χ1) is 13.1. The molecule has 2 aromatic rings. The molecule has 0 bridgehead atoms. The number of aliphatic imine (C=N–C) groups is 1. The van der Waals surface area contributed by atoms with E-state index in [0.717, 1.165) is 12.1 Å². The number of nitrogens with one attached hydrogen (secondary N) is 1. The van der Waals surface area contributed by atoms with Crippen molar-refractivity contribution in [2.24, 2.45) is 10.9 Å². The molecule has 2 N–H and O–H groups in total. The third-order valence-corrected chi connectivity index (χ3v) is 4.74. The zero-order valence-electron chi connectivity index (χ0n) is 15.6. The van der Waals surface area contributed by atoms with Crippen LogP contribution in [0.2, 0.25) is 5.02 Å². The Morgan fingerprint density at radius 3 is 2.48 bits per heavy atom. The summed E-state index contributed by atoms with van der Waals surface area (Å²) in [6.07, 6.45) is 2.62. The van der Waals surface area contributed by atoms with Gasteiger partial charge in [0.1, 0.15) is 0 Å². The molecule has 144 valence electrons. The summed E-state index contributed by atoms with van der Waals surface area (Å²) in [5.74, 6) is 1.75. The predicted octanol–water partition coefficient (Wildman–Crippen LogP) is 3.12. The van der Waals surface area contributed by atoms with Crippen LogP contribution in [-0.4, -0.2) is 52.4 Å². The molecule has 0 spiro atoms. The van der Waals surface area contributed by atoms with E-state index in [1.807, 2.05) is 17.0 Å². The second-order valence-electron chi connectivity index (χ2n) is 6.99. The number of guanidine groups is 1. The zero-order chi connectivity index (χ0) is 19.2. The summed E-state index contributed by atoms with van der Waals surface area (Å²) < 4.78 is 0. The smallest absolute Gasteiger partial charge is 0.223 e. The minimum absolute atomic E-state index is 0.441. The lowest BCUT2D eigenvalue weighted by Gasteiger charge is -2.36. The lowest BCUT2D eigenvalue weighted by Crippen LogP contribution is -2.52. The minimum atomic E-state index is 0.441. The van der Waals surface area contributed by atoms with Gasteiger partial charge in [0.15, 0.2) is 5.82 Å². The van der Waals surface area contributed by atoms with Crippen LogP contribution in [0, 0.1) is 5.92 Å². The molecular formula is C19H25ClN6O. The zero-order valence-corrected chi connectivity index (χ0v) is 16.4. The van der Waals surface area contributed by atoms with Crippen LogP contribution in [-0.2, 0) is 6.42 Å². The minimum Gasteiger partial charge on any atom is -0.350 e. The van der Waals surface area contributed by atoms with Crippen LogP contribution in [0.4, 0.5) is 11.5 Å². The summed E-state index contributed by atoms with van der Waals surface area (Å²) in [6.45, 7) is 7.20. The molecule has 2 heterocycles. The highest BCUT2D eigenvalue weighted by molar-refractivity contribution is 6.32. The molecule has 8 heteroatoms. The van der Waals surface area contributed by atoms with Crippen molar-refractivity contribution in [1.82, 2.24) is 20.6 Å². The number of halogens is 1. The van der Waals surface area contributed by atoms with E-state index < -0.39 is 0 Å².